The molecule has 7 nitrogen and oxygen atoms in total. The van der Waals surface area contributed by atoms with Crippen LogP contribution in [0.15, 0.2) is 36.4 Å². The normalized spacial score (nSPS) is 14.1. The minimum atomic E-state index is -0.869. The number of benzene rings is 1. The lowest BCUT2D eigenvalue weighted by Gasteiger charge is -2.31. The first-order valence-electron chi connectivity index (χ1n) is 8.78. The summed E-state index contributed by atoms with van der Waals surface area (Å²) >= 11 is 0. The van der Waals surface area contributed by atoms with Gasteiger partial charge in [0.25, 0.3) is 0 Å². The fourth-order valence-corrected chi connectivity index (χ4v) is 2.70. The van der Waals surface area contributed by atoms with Crippen LogP contribution in [0.5, 0.6) is 11.5 Å². The zero-order valence-electron chi connectivity index (χ0n) is 16.7. The predicted octanol–water partition coefficient (Wildman–Crippen LogP) is 3.32. The third kappa shape index (κ3) is 9.30. The number of rotatable bonds is 13. The summed E-state index contributed by atoms with van der Waals surface area (Å²) in [7, 11) is 3.18. The molecule has 1 aromatic carbocycles. The molecule has 0 heterocycles. The molecule has 2 atom stereocenters. The van der Waals surface area contributed by atoms with Crippen LogP contribution in [-0.2, 0) is 14.2 Å². The van der Waals surface area contributed by atoms with E-state index in [1.807, 2.05) is 26.0 Å². The highest BCUT2D eigenvalue weighted by molar-refractivity contribution is 5.64. The van der Waals surface area contributed by atoms with Crippen molar-refractivity contribution in [3.8, 4) is 11.5 Å². The zero-order valence-corrected chi connectivity index (χ0v) is 16.7. The van der Waals surface area contributed by atoms with Crippen LogP contribution in [0, 0.1) is 0 Å². The van der Waals surface area contributed by atoms with Crippen LogP contribution in [0.3, 0.4) is 0 Å². The summed E-state index contributed by atoms with van der Waals surface area (Å²) in [5, 5.41) is 0. The highest BCUT2D eigenvalue weighted by atomic mass is 16.6. The first-order chi connectivity index (χ1) is 12.8. The van der Waals surface area contributed by atoms with Crippen molar-refractivity contribution in [1.29, 1.82) is 0 Å². The summed E-state index contributed by atoms with van der Waals surface area (Å²) in [6.07, 6.45) is -0.0212. The Bertz CT molecular complexity index is 606. The molecule has 0 aliphatic heterocycles. The van der Waals surface area contributed by atoms with Crippen LogP contribution in [0.25, 0.3) is 0 Å². The van der Waals surface area contributed by atoms with Gasteiger partial charge in [-0.1, -0.05) is 18.2 Å². The van der Waals surface area contributed by atoms with Crippen LogP contribution in [0.2, 0.25) is 0 Å². The van der Waals surface area contributed by atoms with Crippen LogP contribution in [-0.4, -0.2) is 51.8 Å². The van der Waals surface area contributed by atoms with E-state index in [0.29, 0.717) is 24.5 Å². The Kier molecular flexibility index (Phi) is 9.67. The van der Waals surface area contributed by atoms with Gasteiger partial charge in [0.1, 0.15) is 23.7 Å². The van der Waals surface area contributed by atoms with Gasteiger partial charge < -0.3 is 29.4 Å². The van der Waals surface area contributed by atoms with E-state index in [0.717, 1.165) is 12.0 Å². The number of amides is 1. The Morgan fingerprint density at radius 3 is 2.52 bits per heavy atom. The second kappa shape index (κ2) is 11.5. The maximum atomic E-state index is 10.9. The lowest BCUT2D eigenvalue weighted by Crippen LogP contribution is -2.34. The van der Waals surface area contributed by atoms with Crippen LogP contribution < -0.4 is 15.2 Å². The van der Waals surface area contributed by atoms with Crippen molar-refractivity contribution in [3.63, 3.8) is 0 Å². The molecule has 1 rings (SSSR count). The molecule has 0 saturated carbocycles. The molecule has 0 aliphatic rings. The molecular weight excluding hydrogens is 350 g/mol. The van der Waals surface area contributed by atoms with Crippen LogP contribution in [0.4, 0.5) is 4.79 Å². The van der Waals surface area contributed by atoms with Gasteiger partial charge in [0.05, 0.1) is 6.61 Å². The molecular formula is C20H31NO6. The number of carbonyl (C=O) groups excluding carboxylic acids is 1. The Morgan fingerprint density at radius 2 is 1.93 bits per heavy atom. The van der Waals surface area contributed by atoms with E-state index in [-0.39, 0.29) is 13.2 Å². The van der Waals surface area contributed by atoms with Crippen molar-refractivity contribution < 1.29 is 28.5 Å². The molecule has 1 aromatic rings. The Labute approximate surface area is 161 Å². The largest absolute Gasteiger partial charge is 0.489 e. The Balaban J connectivity index is 2.78. The topological polar surface area (TPSA) is 89.2 Å². The van der Waals surface area contributed by atoms with Gasteiger partial charge in [-0.3, -0.25) is 0 Å². The molecule has 27 heavy (non-hydrogen) atoms. The third-order valence-corrected chi connectivity index (χ3v) is 3.75. The summed E-state index contributed by atoms with van der Waals surface area (Å²) in [4.78, 5) is 10.9. The first-order valence-corrected chi connectivity index (χ1v) is 8.78. The lowest BCUT2D eigenvalue weighted by molar-refractivity contribution is 0.0174. The van der Waals surface area contributed by atoms with E-state index in [2.05, 4.69) is 6.58 Å². The summed E-state index contributed by atoms with van der Waals surface area (Å²) in [5.74, 6) is 1.26. The molecule has 1 amide bonds. The first kappa shape index (κ1) is 22.8. The van der Waals surface area contributed by atoms with E-state index in [9.17, 15) is 4.79 Å². The van der Waals surface area contributed by atoms with Crippen molar-refractivity contribution in [2.75, 3.05) is 34.0 Å². The molecule has 0 aliphatic carbocycles. The van der Waals surface area contributed by atoms with Gasteiger partial charge in [-0.15, -0.1) is 0 Å². The minimum absolute atomic E-state index is 0.118. The Morgan fingerprint density at radius 1 is 1.22 bits per heavy atom. The summed E-state index contributed by atoms with van der Waals surface area (Å²) < 4.78 is 27.1. The molecule has 0 fully saturated rings. The monoisotopic (exact) mass is 381 g/mol. The van der Waals surface area contributed by atoms with E-state index in [4.69, 9.17) is 29.4 Å². The Hall–Kier alpha value is -2.25. The molecule has 152 valence electrons. The predicted molar refractivity (Wildman–Crippen MR) is 103 cm³/mol. The maximum absolute atomic E-state index is 10.9. The molecule has 0 saturated heterocycles. The molecule has 0 bridgehead atoms. The maximum Gasteiger partial charge on any atom is 0.404 e. The van der Waals surface area contributed by atoms with Crippen molar-refractivity contribution >= 4 is 6.09 Å². The minimum Gasteiger partial charge on any atom is -0.489 e. The van der Waals surface area contributed by atoms with Crippen molar-refractivity contribution in [1.82, 2.24) is 0 Å². The molecule has 2 N–H and O–H groups in total. The summed E-state index contributed by atoms with van der Waals surface area (Å²) in [6, 6.07) is 7.29. The van der Waals surface area contributed by atoms with E-state index < -0.39 is 17.8 Å². The molecule has 0 radical (unpaired) electrons. The summed E-state index contributed by atoms with van der Waals surface area (Å²) in [5.41, 5.74) is 5.65. The number of ether oxygens (including phenoxy) is 5. The van der Waals surface area contributed by atoms with Gasteiger partial charge in [-0.2, -0.15) is 0 Å². The van der Waals surface area contributed by atoms with Crippen molar-refractivity contribution in [2.45, 2.75) is 38.4 Å². The van der Waals surface area contributed by atoms with Gasteiger partial charge >= 0.3 is 6.09 Å². The number of carbonyl (C=O) groups is 1. The molecule has 2 unspecified atom stereocenters. The highest BCUT2D eigenvalue weighted by Gasteiger charge is 2.26. The average Bonchev–Trinajstić information content (AvgIpc) is 2.57. The third-order valence-electron chi connectivity index (χ3n) is 3.75. The second-order valence-corrected chi connectivity index (χ2v) is 6.73. The number of hydrogen-bond acceptors (Lipinski definition) is 6. The number of hydrogen-bond donors (Lipinski definition) is 1. The van der Waals surface area contributed by atoms with Crippen molar-refractivity contribution in [3.05, 3.63) is 36.4 Å². The zero-order chi connectivity index (χ0) is 20.3. The quantitative estimate of drug-likeness (QED) is 0.527. The van der Waals surface area contributed by atoms with Crippen molar-refractivity contribution in [2.24, 2.45) is 5.73 Å². The molecule has 0 aromatic heterocycles. The fraction of sp³-hybridized carbons (Fsp3) is 0.550. The smallest absolute Gasteiger partial charge is 0.404 e. The lowest BCUT2D eigenvalue weighted by atomic mass is 9.94. The van der Waals surface area contributed by atoms with E-state index >= 15 is 0 Å². The van der Waals surface area contributed by atoms with E-state index in [1.54, 1.807) is 19.2 Å². The molecule has 7 heteroatoms. The van der Waals surface area contributed by atoms with E-state index in [1.165, 1.54) is 7.11 Å². The average molecular weight is 381 g/mol. The van der Waals surface area contributed by atoms with Gasteiger partial charge in [-0.05, 0) is 26.0 Å². The standard InChI is InChI=1S/C20H31NO6/c1-15(2)12-20(3,9-10-23-4)27-17-8-6-7-16(11-17)25-14-18(13-24-5)26-19(21)22/h6-8,11,18H,1,9-10,12-14H2,2-5H3,(H2,21,22). The molecule has 0 spiro atoms. The number of methoxy groups -OCH3 is 2. The van der Waals surface area contributed by atoms with Gasteiger partial charge in [0.15, 0.2) is 6.10 Å². The van der Waals surface area contributed by atoms with Gasteiger partial charge in [-0.25, -0.2) is 4.79 Å². The number of nitrogens with two attached hydrogens (primary N) is 1. The van der Waals surface area contributed by atoms with Gasteiger partial charge in [0, 0.05) is 39.7 Å². The summed E-state index contributed by atoms with van der Waals surface area (Å²) in [6.45, 7) is 8.89. The van der Waals surface area contributed by atoms with Crippen LogP contribution >= 0.6 is 0 Å². The SMILES string of the molecule is C=C(C)CC(C)(CCOC)Oc1cccc(OCC(COC)OC(N)=O)c1. The number of primary amides is 1. The highest BCUT2D eigenvalue weighted by Crippen LogP contribution is 2.29. The fourth-order valence-electron chi connectivity index (χ4n) is 2.70. The van der Waals surface area contributed by atoms with Crippen LogP contribution in [0.1, 0.15) is 26.7 Å². The second-order valence-electron chi connectivity index (χ2n) is 6.73. The van der Waals surface area contributed by atoms with Gasteiger partial charge in [0.2, 0.25) is 0 Å².